The van der Waals surface area contributed by atoms with Crippen LogP contribution < -0.4 is 9.62 Å². The molecule has 0 aromatic heterocycles. The summed E-state index contributed by atoms with van der Waals surface area (Å²) in [6.45, 7) is 2.12. The topological polar surface area (TPSA) is 49.4 Å². The van der Waals surface area contributed by atoms with Gasteiger partial charge in [0.05, 0.1) is 5.02 Å². The smallest absolute Gasteiger partial charge is 0.263 e. The van der Waals surface area contributed by atoms with Crippen molar-refractivity contribution in [3.8, 4) is 0 Å². The van der Waals surface area contributed by atoms with Gasteiger partial charge in [-0.05, 0) is 49.2 Å². The van der Waals surface area contributed by atoms with E-state index in [1.807, 2.05) is 12.1 Å². The quantitative estimate of drug-likeness (QED) is 0.925. The molecule has 2 aromatic rings. The van der Waals surface area contributed by atoms with Gasteiger partial charge < -0.3 is 4.90 Å². The molecule has 1 saturated heterocycles. The number of hydrogen-bond acceptors (Lipinski definition) is 3. The monoisotopic (exact) mass is 336 g/mol. The van der Waals surface area contributed by atoms with E-state index in [4.69, 9.17) is 11.6 Å². The number of hydrogen-bond donors (Lipinski definition) is 1. The van der Waals surface area contributed by atoms with Crippen LogP contribution in [0.3, 0.4) is 0 Å². The Kier molecular flexibility index (Phi) is 4.27. The first-order valence-electron chi connectivity index (χ1n) is 7.19. The molecule has 0 unspecified atom stereocenters. The standard InChI is InChI=1S/C16H17ClN2O2S/c17-15-5-1-2-6-16(15)22(20,21)18-13-7-9-14(10-8-13)19-11-3-4-12-19/h1-2,5-10,18H,3-4,11-12H2. The van der Waals surface area contributed by atoms with E-state index in [9.17, 15) is 8.42 Å². The highest BCUT2D eigenvalue weighted by atomic mass is 35.5. The van der Waals surface area contributed by atoms with E-state index in [0.29, 0.717) is 5.69 Å². The highest BCUT2D eigenvalue weighted by molar-refractivity contribution is 7.92. The van der Waals surface area contributed by atoms with Crippen LogP contribution >= 0.6 is 11.6 Å². The fraction of sp³-hybridized carbons (Fsp3) is 0.250. The lowest BCUT2D eigenvalue weighted by molar-refractivity contribution is 0.601. The summed E-state index contributed by atoms with van der Waals surface area (Å²) in [7, 11) is -3.67. The zero-order chi connectivity index (χ0) is 15.6. The molecule has 0 saturated carbocycles. The van der Waals surface area contributed by atoms with Crippen molar-refractivity contribution in [3.63, 3.8) is 0 Å². The first-order chi connectivity index (χ1) is 10.6. The normalized spacial score (nSPS) is 15.0. The first kappa shape index (κ1) is 15.2. The number of anilines is 2. The second-order valence-corrected chi connectivity index (χ2v) is 7.33. The van der Waals surface area contributed by atoms with Gasteiger partial charge in [0.15, 0.2) is 0 Å². The van der Waals surface area contributed by atoms with Gasteiger partial charge in [0.1, 0.15) is 4.90 Å². The van der Waals surface area contributed by atoms with E-state index < -0.39 is 10.0 Å². The Morgan fingerprint density at radius 3 is 2.23 bits per heavy atom. The van der Waals surface area contributed by atoms with Crippen LogP contribution in [-0.2, 0) is 10.0 Å². The Bertz CT molecular complexity index is 754. The molecule has 4 nitrogen and oxygen atoms in total. The predicted octanol–water partition coefficient (Wildman–Crippen LogP) is 3.74. The van der Waals surface area contributed by atoms with Gasteiger partial charge in [-0.1, -0.05) is 23.7 Å². The van der Waals surface area contributed by atoms with Crippen molar-refractivity contribution in [2.75, 3.05) is 22.7 Å². The van der Waals surface area contributed by atoms with Crippen LogP contribution in [0.4, 0.5) is 11.4 Å². The van der Waals surface area contributed by atoms with Gasteiger partial charge >= 0.3 is 0 Å². The molecule has 0 atom stereocenters. The number of rotatable bonds is 4. The van der Waals surface area contributed by atoms with Crippen LogP contribution in [0.5, 0.6) is 0 Å². The van der Waals surface area contributed by atoms with Crippen LogP contribution in [0.2, 0.25) is 5.02 Å². The minimum atomic E-state index is -3.67. The largest absolute Gasteiger partial charge is 0.372 e. The number of benzene rings is 2. The summed E-state index contributed by atoms with van der Waals surface area (Å²) in [4.78, 5) is 2.38. The third-order valence-corrected chi connectivity index (χ3v) is 5.60. The molecule has 0 spiro atoms. The van der Waals surface area contributed by atoms with Gasteiger partial charge in [0.2, 0.25) is 0 Å². The van der Waals surface area contributed by atoms with Crippen molar-refractivity contribution >= 4 is 33.0 Å². The average molecular weight is 337 g/mol. The summed E-state index contributed by atoms with van der Waals surface area (Å²) in [5, 5.41) is 0.212. The molecule has 22 heavy (non-hydrogen) atoms. The van der Waals surface area contributed by atoms with E-state index in [0.717, 1.165) is 18.8 Å². The maximum Gasteiger partial charge on any atom is 0.263 e. The maximum absolute atomic E-state index is 12.4. The first-order valence-corrected chi connectivity index (χ1v) is 9.05. The molecule has 1 fully saturated rings. The molecule has 0 amide bonds. The third-order valence-electron chi connectivity index (χ3n) is 3.72. The molecule has 1 aliphatic heterocycles. The lowest BCUT2D eigenvalue weighted by atomic mass is 10.2. The summed E-state index contributed by atoms with van der Waals surface area (Å²) in [6.07, 6.45) is 2.42. The van der Waals surface area contributed by atoms with Gasteiger partial charge in [-0.2, -0.15) is 0 Å². The van der Waals surface area contributed by atoms with Crippen molar-refractivity contribution in [2.45, 2.75) is 17.7 Å². The maximum atomic E-state index is 12.4. The number of halogens is 1. The van der Waals surface area contributed by atoms with Crippen LogP contribution in [0.25, 0.3) is 0 Å². The van der Waals surface area contributed by atoms with E-state index in [-0.39, 0.29) is 9.92 Å². The van der Waals surface area contributed by atoms with Crippen molar-refractivity contribution in [1.82, 2.24) is 0 Å². The van der Waals surface area contributed by atoms with Crippen molar-refractivity contribution in [3.05, 3.63) is 53.6 Å². The van der Waals surface area contributed by atoms with Crippen LogP contribution in [0.15, 0.2) is 53.4 Å². The summed E-state index contributed by atoms with van der Waals surface area (Å²) >= 11 is 5.96. The van der Waals surface area contributed by atoms with Crippen molar-refractivity contribution < 1.29 is 8.42 Å². The number of nitrogens with zero attached hydrogens (tertiary/aromatic N) is 1. The molecular formula is C16H17ClN2O2S. The summed E-state index contributed by atoms with van der Waals surface area (Å²) in [5.41, 5.74) is 1.65. The van der Waals surface area contributed by atoms with E-state index in [1.54, 1.807) is 30.3 Å². The zero-order valence-electron chi connectivity index (χ0n) is 12.0. The van der Waals surface area contributed by atoms with E-state index >= 15 is 0 Å². The minimum Gasteiger partial charge on any atom is -0.372 e. The predicted molar refractivity (Wildman–Crippen MR) is 90.1 cm³/mol. The average Bonchev–Trinajstić information content (AvgIpc) is 3.02. The number of nitrogens with one attached hydrogen (secondary N) is 1. The van der Waals surface area contributed by atoms with Gasteiger partial charge in [-0.25, -0.2) is 8.42 Å². The summed E-state index contributed by atoms with van der Waals surface area (Å²) in [6, 6.07) is 13.8. The molecule has 1 N–H and O–H groups in total. The van der Waals surface area contributed by atoms with Gasteiger partial charge in [0, 0.05) is 24.5 Å². The molecule has 6 heteroatoms. The minimum absolute atomic E-state index is 0.0836. The Morgan fingerprint density at radius 1 is 0.955 bits per heavy atom. The molecule has 1 heterocycles. The molecule has 0 aliphatic carbocycles. The highest BCUT2D eigenvalue weighted by Crippen LogP contribution is 2.25. The molecule has 0 radical (unpaired) electrons. The lowest BCUT2D eigenvalue weighted by Gasteiger charge is -2.18. The third kappa shape index (κ3) is 3.20. The Labute approximate surface area is 135 Å². The van der Waals surface area contributed by atoms with Crippen molar-refractivity contribution in [1.29, 1.82) is 0 Å². The fourth-order valence-corrected chi connectivity index (χ4v) is 4.17. The molecule has 3 rings (SSSR count). The lowest BCUT2D eigenvalue weighted by Crippen LogP contribution is -2.17. The van der Waals surface area contributed by atoms with Gasteiger partial charge in [-0.3, -0.25) is 4.72 Å². The van der Waals surface area contributed by atoms with Gasteiger partial charge in [0.25, 0.3) is 10.0 Å². The second kappa shape index (κ2) is 6.18. The summed E-state index contributed by atoms with van der Waals surface area (Å²) in [5.74, 6) is 0. The highest BCUT2D eigenvalue weighted by Gasteiger charge is 2.18. The zero-order valence-corrected chi connectivity index (χ0v) is 13.6. The van der Waals surface area contributed by atoms with Crippen LogP contribution in [0, 0.1) is 0 Å². The molecular weight excluding hydrogens is 320 g/mol. The molecule has 0 bridgehead atoms. The molecule has 2 aromatic carbocycles. The summed E-state index contributed by atoms with van der Waals surface area (Å²) < 4.78 is 27.3. The molecule has 1 aliphatic rings. The molecule has 116 valence electrons. The number of sulfonamides is 1. The SMILES string of the molecule is O=S(=O)(Nc1ccc(N2CCCC2)cc1)c1ccccc1Cl. The Balaban J connectivity index is 1.79. The van der Waals surface area contributed by atoms with Gasteiger partial charge in [-0.15, -0.1) is 0 Å². The van der Waals surface area contributed by atoms with Crippen molar-refractivity contribution in [2.24, 2.45) is 0 Å². The van der Waals surface area contributed by atoms with E-state index in [2.05, 4.69) is 9.62 Å². The Hall–Kier alpha value is -1.72. The fourth-order valence-electron chi connectivity index (χ4n) is 2.59. The Morgan fingerprint density at radius 2 is 1.59 bits per heavy atom. The second-order valence-electron chi connectivity index (χ2n) is 5.28. The van der Waals surface area contributed by atoms with Crippen LogP contribution in [-0.4, -0.2) is 21.5 Å². The van der Waals surface area contributed by atoms with E-state index in [1.165, 1.54) is 18.9 Å². The van der Waals surface area contributed by atoms with Crippen LogP contribution in [0.1, 0.15) is 12.8 Å².